The average Bonchev–Trinajstić information content (AvgIpc) is 3.10. The first-order chi connectivity index (χ1) is 13.3. The summed E-state index contributed by atoms with van der Waals surface area (Å²) in [5.41, 5.74) is 2.50. The number of hydrogen-bond acceptors (Lipinski definition) is 7. The van der Waals surface area contributed by atoms with E-state index in [2.05, 4.69) is 4.98 Å². The molecule has 1 N–H and O–H groups in total. The van der Waals surface area contributed by atoms with Crippen molar-refractivity contribution in [1.29, 1.82) is 0 Å². The van der Waals surface area contributed by atoms with E-state index in [1.807, 2.05) is 26.0 Å². The Morgan fingerprint density at radius 2 is 2.18 bits per heavy atom. The third-order valence-electron chi connectivity index (χ3n) is 4.74. The SMILES string of the molecule is Cc1cc(C)c2c(c1)COP(=O)(OCC1CCC(n3ccc(=S)[nH]c3=O)O1)O2. The molecule has 3 atom stereocenters. The minimum atomic E-state index is -3.72. The molecule has 4 rings (SSSR count). The second-order valence-electron chi connectivity index (χ2n) is 6.99. The van der Waals surface area contributed by atoms with Gasteiger partial charge in [0.1, 0.15) is 16.6 Å². The van der Waals surface area contributed by atoms with Crippen molar-refractivity contribution in [2.24, 2.45) is 0 Å². The number of rotatable bonds is 4. The molecule has 0 bridgehead atoms. The van der Waals surface area contributed by atoms with Gasteiger partial charge in [0.25, 0.3) is 0 Å². The lowest BCUT2D eigenvalue weighted by Gasteiger charge is -2.27. The molecule has 1 aromatic heterocycles. The Bertz CT molecular complexity index is 1060. The van der Waals surface area contributed by atoms with Gasteiger partial charge in [-0.3, -0.25) is 18.6 Å². The summed E-state index contributed by atoms with van der Waals surface area (Å²) < 4.78 is 37.0. The van der Waals surface area contributed by atoms with Crippen LogP contribution >= 0.6 is 20.0 Å². The number of H-pyrrole nitrogens is 1. The van der Waals surface area contributed by atoms with Crippen LogP contribution in [-0.4, -0.2) is 22.3 Å². The van der Waals surface area contributed by atoms with Crippen LogP contribution < -0.4 is 10.2 Å². The van der Waals surface area contributed by atoms with Crippen LogP contribution in [0.3, 0.4) is 0 Å². The normalized spacial score (nSPS) is 26.6. The number of aromatic nitrogens is 2. The first-order valence-corrected chi connectivity index (χ1v) is 10.9. The second kappa shape index (κ2) is 7.57. The molecule has 8 nitrogen and oxygen atoms in total. The van der Waals surface area contributed by atoms with Crippen LogP contribution in [0, 0.1) is 18.5 Å². The Hall–Kier alpha value is -1.77. The number of phosphoric ester groups is 1. The molecule has 0 spiro atoms. The van der Waals surface area contributed by atoms with Crippen molar-refractivity contribution in [3.63, 3.8) is 0 Å². The number of aryl methyl sites for hydroxylation is 2. The molecular weight excluding hydrogens is 403 g/mol. The van der Waals surface area contributed by atoms with Crippen molar-refractivity contribution in [1.82, 2.24) is 9.55 Å². The van der Waals surface area contributed by atoms with Crippen molar-refractivity contribution in [2.75, 3.05) is 6.61 Å². The summed E-state index contributed by atoms with van der Waals surface area (Å²) in [6, 6.07) is 5.54. The number of hydrogen-bond donors (Lipinski definition) is 1. The summed E-state index contributed by atoms with van der Waals surface area (Å²) in [6.45, 7) is 4.10. The maximum absolute atomic E-state index is 12.8. The number of nitrogens with one attached hydrogen (secondary N) is 1. The van der Waals surface area contributed by atoms with E-state index in [-0.39, 0.29) is 25.0 Å². The quantitative estimate of drug-likeness (QED) is 0.587. The van der Waals surface area contributed by atoms with Gasteiger partial charge in [-0.05, 0) is 38.3 Å². The van der Waals surface area contributed by atoms with Crippen LogP contribution in [0.4, 0.5) is 0 Å². The lowest BCUT2D eigenvalue weighted by Crippen LogP contribution is -2.27. The third kappa shape index (κ3) is 3.99. The molecule has 150 valence electrons. The highest BCUT2D eigenvalue weighted by atomic mass is 32.1. The molecule has 1 aromatic carbocycles. The molecule has 0 radical (unpaired) electrons. The van der Waals surface area contributed by atoms with E-state index < -0.39 is 14.1 Å². The maximum Gasteiger partial charge on any atom is 0.530 e. The molecule has 2 aliphatic rings. The van der Waals surface area contributed by atoms with Crippen LogP contribution in [0.5, 0.6) is 5.75 Å². The van der Waals surface area contributed by atoms with Crippen molar-refractivity contribution >= 4 is 20.0 Å². The van der Waals surface area contributed by atoms with Crippen molar-refractivity contribution in [2.45, 2.75) is 45.6 Å². The zero-order chi connectivity index (χ0) is 19.9. The molecule has 3 unspecified atom stereocenters. The van der Waals surface area contributed by atoms with Gasteiger partial charge in [0.15, 0.2) is 0 Å². The molecule has 3 heterocycles. The standard InChI is InChI=1S/C18H21N2O6PS/c1-11-7-12(2)17-13(8-11)9-23-27(22,26-17)24-10-14-3-4-16(25-14)20-6-5-15(28)19-18(20)21/h5-8,14,16H,3-4,9-10H2,1-2H3,(H,19,21,28). The zero-order valence-electron chi connectivity index (χ0n) is 15.5. The Balaban J connectivity index is 1.39. The van der Waals surface area contributed by atoms with Gasteiger partial charge >= 0.3 is 13.5 Å². The van der Waals surface area contributed by atoms with E-state index in [0.717, 1.165) is 16.7 Å². The van der Waals surface area contributed by atoms with Gasteiger partial charge in [-0.1, -0.05) is 29.9 Å². The lowest BCUT2D eigenvalue weighted by molar-refractivity contribution is -0.0264. The summed E-state index contributed by atoms with van der Waals surface area (Å²) >= 11 is 4.94. The minimum Gasteiger partial charge on any atom is -0.403 e. The molecule has 2 aliphatic heterocycles. The van der Waals surface area contributed by atoms with E-state index in [9.17, 15) is 9.36 Å². The molecule has 2 aromatic rings. The van der Waals surface area contributed by atoms with Gasteiger partial charge in [-0.25, -0.2) is 9.36 Å². The highest BCUT2D eigenvalue weighted by molar-refractivity contribution is 7.71. The summed E-state index contributed by atoms with van der Waals surface area (Å²) in [5, 5.41) is 0. The predicted molar refractivity (Wildman–Crippen MR) is 104 cm³/mol. The monoisotopic (exact) mass is 424 g/mol. The Labute approximate surface area is 167 Å². The first kappa shape index (κ1) is 19.5. The topological polar surface area (TPSA) is 91.8 Å². The summed E-state index contributed by atoms with van der Waals surface area (Å²) in [5.74, 6) is 0.552. The minimum absolute atomic E-state index is 0.0472. The Morgan fingerprint density at radius 1 is 1.36 bits per heavy atom. The first-order valence-electron chi connectivity index (χ1n) is 8.99. The van der Waals surface area contributed by atoms with E-state index in [0.29, 0.717) is 23.2 Å². The van der Waals surface area contributed by atoms with E-state index in [4.69, 9.17) is 30.5 Å². The molecule has 0 saturated carbocycles. The van der Waals surface area contributed by atoms with Crippen molar-refractivity contribution in [3.8, 4) is 5.75 Å². The van der Waals surface area contributed by atoms with Crippen LogP contribution in [0.25, 0.3) is 0 Å². The average molecular weight is 424 g/mol. The molecule has 0 aliphatic carbocycles. The lowest BCUT2D eigenvalue weighted by atomic mass is 10.1. The maximum atomic E-state index is 12.8. The smallest absolute Gasteiger partial charge is 0.403 e. The zero-order valence-corrected chi connectivity index (χ0v) is 17.3. The molecule has 28 heavy (non-hydrogen) atoms. The Morgan fingerprint density at radius 3 is 2.96 bits per heavy atom. The highest BCUT2D eigenvalue weighted by Gasteiger charge is 2.37. The molecular formula is C18H21N2O6PS. The number of nitrogens with zero attached hydrogens (tertiary/aromatic N) is 1. The molecule has 0 amide bonds. The van der Waals surface area contributed by atoms with Crippen molar-refractivity contribution in [3.05, 3.63) is 56.2 Å². The van der Waals surface area contributed by atoms with Gasteiger partial charge < -0.3 is 9.26 Å². The van der Waals surface area contributed by atoms with E-state index in [1.54, 1.807) is 12.3 Å². The predicted octanol–water partition coefficient (Wildman–Crippen LogP) is 3.93. The van der Waals surface area contributed by atoms with Gasteiger partial charge in [-0.2, -0.15) is 0 Å². The van der Waals surface area contributed by atoms with E-state index >= 15 is 0 Å². The summed E-state index contributed by atoms with van der Waals surface area (Å²) in [6.07, 6.45) is 2.14. The van der Waals surface area contributed by atoms with Gasteiger partial charge in [0.2, 0.25) is 0 Å². The number of benzene rings is 1. The Kier molecular flexibility index (Phi) is 5.28. The largest absolute Gasteiger partial charge is 0.530 e. The number of phosphoric acid groups is 1. The van der Waals surface area contributed by atoms with E-state index in [1.165, 1.54) is 4.57 Å². The van der Waals surface area contributed by atoms with Crippen LogP contribution in [0.1, 0.15) is 35.8 Å². The van der Waals surface area contributed by atoms with Crippen molar-refractivity contribution < 1.29 is 22.9 Å². The molecule has 1 saturated heterocycles. The summed E-state index contributed by atoms with van der Waals surface area (Å²) in [7, 11) is -3.72. The fraction of sp³-hybridized carbons (Fsp3) is 0.444. The van der Waals surface area contributed by atoms with Crippen LogP contribution in [-0.2, 0) is 25.0 Å². The number of ether oxygens (including phenoxy) is 1. The fourth-order valence-electron chi connectivity index (χ4n) is 3.47. The third-order valence-corrected chi connectivity index (χ3v) is 6.30. The second-order valence-corrected chi connectivity index (χ2v) is 9.02. The molecule has 10 heteroatoms. The highest BCUT2D eigenvalue weighted by Crippen LogP contribution is 2.55. The number of aromatic amines is 1. The van der Waals surface area contributed by atoms with Gasteiger partial charge in [0.05, 0.1) is 19.3 Å². The fourth-order valence-corrected chi connectivity index (χ4v) is 4.93. The summed E-state index contributed by atoms with van der Waals surface area (Å²) in [4.78, 5) is 14.6. The van der Waals surface area contributed by atoms with Crippen LogP contribution in [0.15, 0.2) is 29.2 Å². The van der Waals surface area contributed by atoms with Crippen LogP contribution in [0.2, 0.25) is 0 Å². The van der Waals surface area contributed by atoms with Gasteiger partial charge in [0, 0.05) is 11.8 Å². The van der Waals surface area contributed by atoms with Gasteiger partial charge in [-0.15, -0.1) is 0 Å². The molecule has 1 fully saturated rings. The number of fused-ring (bicyclic) bond motifs is 1.